The third-order valence-electron chi connectivity index (χ3n) is 1.46. The Hall–Kier alpha value is -1.35. The maximum atomic E-state index is 11.5. The molecule has 0 aliphatic carbocycles. The van der Waals surface area contributed by atoms with Crippen molar-refractivity contribution < 1.29 is 9.21 Å². The van der Waals surface area contributed by atoms with Gasteiger partial charge in [-0.05, 0) is 23.6 Å². The van der Waals surface area contributed by atoms with Gasteiger partial charge in [0, 0.05) is 5.56 Å². The topological polar surface area (TPSA) is 30.2 Å². The van der Waals surface area contributed by atoms with E-state index in [1.807, 2.05) is 5.38 Å². The van der Waals surface area contributed by atoms with Gasteiger partial charge in [0.15, 0.2) is 5.76 Å². The minimum atomic E-state index is -0.110. The Bertz CT molecular complexity index is 323. The fourth-order valence-electron chi connectivity index (χ4n) is 0.896. The highest BCUT2D eigenvalue weighted by atomic mass is 32.1. The summed E-state index contributed by atoms with van der Waals surface area (Å²) < 4.78 is 4.95. The molecule has 0 bridgehead atoms. The van der Waals surface area contributed by atoms with Gasteiger partial charge in [-0.1, -0.05) is 0 Å². The molecule has 3 heteroatoms. The molecule has 0 atom stereocenters. The minimum Gasteiger partial charge on any atom is -0.461 e. The van der Waals surface area contributed by atoms with Crippen molar-refractivity contribution in [2.75, 3.05) is 0 Å². The van der Waals surface area contributed by atoms with Crippen LogP contribution in [0.25, 0.3) is 0 Å². The van der Waals surface area contributed by atoms with Crippen LogP contribution in [0.15, 0.2) is 34.3 Å². The smallest absolute Gasteiger partial charge is 0.229 e. The predicted octanol–water partition coefficient (Wildman–Crippen LogP) is 2.37. The number of hydrogen-bond acceptors (Lipinski definition) is 3. The molecule has 0 fully saturated rings. The number of carbonyl (C=O) groups excluding carboxylic acids is 1. The molecule has 2 aromatic rings. The van der Waals surface area contributed by atoms with Gasteiger partial charge in [-0.2, -0.15) is 0 Å². The molecule has 59 valence electrons. The lowest BCUT2D eigenvalue weighted by atomic mass is 10.2. The molecular formula is C9H5O2S. The van der Waals surface area contributed by atoms with Gasteiger partial charge < -0.3 is 4.42 Å². The van der Waals surface area contributed by atoms with Crippen LogP contribution in [-0.4, -0.2) is 5.78 Å². The van der Waals surface area contributed by atoms with Crippen LogP contribution in [0.5, 0.6) is 0 Å². The molecule has 0 amide bonds. The second-order valence-electron chi connectivity index (χ2n) is 2.24. The third kappa shape index (κ3) is 1.19. The van der Waals surface area contributed by atoms with E-state index in [2.05, 4.69) is 5.38 Å². The largest absolute Gasteiger partial charge is 0.461 e. The van der Waals surface area contributed by atoms with Gasteiger partial charge >= 0.3 is 0 Å². The van der Waals surface area contributed by atoms with E-state index in [1.54, 1.807) is 18.2 Å². The normalized spacial score (nSPS) is 10.0. The standard InChI is InChI=1S/C9H5O2S/c10-9(7-3-5-12-6-7)8-2-1-4-11-8/h1-5H. The molecule has 0 saturated heterocycles. The van der Waals surface area contributed by atoms with Crippen molar-refractivity contribution in [3.63, 3.8) is 0 Å². The third-order valence-corrected chi connectivity index (χ3v) is 2.07. The molecule has 2 rings (SSSR count). The van der Waals surface area contributed by atoms with Crippen molar-refractivity contribution >= 4 is 17.1 Å². The van der Waals surface area contributed by atoms with Crippen LogP contribution in [-0.2, 0) is 0 Å². The first kappa shape index (κ1) is 7.31. The van der Waals surface area contributed by atoms with Crippen LogP contribution in [0.4, 0.5) is 0 Å². The maximum absolute atomic E-state index is 11.5. The zero-order valence-electron chi connectivity index (χ0n) is 6.11. The van der Waals surface area contributed by atoms with E-state index in [0.29, 0.717) is 11.3 Å². The Balaban J connectivity index is 2.34. The van der Waals surface area contributed by atoms with Crippen molar-refractivity contribution in [2.24, 2.45) is 0 Å². The first-order chi connectivity index (χ1) is 5.88. The van der Waals surface area contributed by atoms with E-state index >= 15 is 0 Å². The summed E-state index contributed by atoms with van der Waals surface area (Å²) in [6.07, 6.45) is 1.49. The Labute approximate surface area is 73.4 Å². The first-order valence-corrected chi connectivity index (χ1v) is 4.29. The van der Waals surface area contributed by atoms with Crippen LogP contribution >= 0.6 is 11.3 Å². The van der Waals surface area contributed by atoms with E-state index in [4.69, 9.17) is 4.42 Å². The van der Waals surface area contributed by atoms with E-state index < -0.39 is 0 Å². The molecule has 0 aliphatic heterocycles. The summed E-state index contributed by atoms with van der Waals surface area (Å²) in [6, 6.07) is 5.07. The highest BCUT2D eigenvalue weighted by Crippen LogP contribution is 2.12. The van der Waals surface area contributed by atoms with Crippen LogP contribution in [0, 0.1) is 5.38 Å². The fourth-order valence-corrected chi connectivity index (χ4v) is 1.46. The lowest BCUT2D eigenvalue weighted by Crippen LogP contribution is -1.96. The summed E-state index contributed by atoms with van der Waals surface area (Å²) in [6.45, 7) is 0. The summed E-state index contributed by atoms with van der Waals surface area (Å²) >= 11 is 1.38. The van der Waals surface area contributed by atoms with Gasteiger partial charge in [-0.25, -0.2) is 0 Å². The molecule has 0 unspecified atom stereocenters. The second kappa shape index (κ2) is 2.95. The molecule has 0 spiro atoms. The molecule has 2 nitrogen and oxygen atoms in total. The number of carbonyl (C=O) groups is 1. The van der Waals surface area contributed by atoms with Gasteiger partial charge in [-0.15, -0.1) is 11.3 Å². The molecule has 0 aliphatic rings. The van der Waals surface area contributed by atoms with E-state index in [0.717, 1.165) is 0 Å². The van der Waals surface area contributed by atoms with Gasteiger partial charge in [0.05, 0.1) is 11.6 Å². The molecule has 2 aromatic heterocycles. The predicted molar refractivity (Wildman–Crippen MR) is 45.3 cm³/mol. The summed E-state index contributed by atoms with van der Waals surface area (Å²) in [5.74, 6) is 0.255. The monoisotopic (exact) mass is 177 g/mol. The number of ketones is 1. The SMILES string of the molecule is O=C(c1[c]scc1)c1ccco1. The van der Waals surface area contributed by atoms with Crippen LogP contribution in [0.1, 0.15) is 16.1 Å². The molecule has 0 N–H and O–H groups in total. The first-order valence-electron chi connectivity index (χ1n) is 3.41. The van der Waals surface area contributed by atoms with Crippen molar-refractivity contribution in [3.8, 4) is 0 Å². The molecule has 0 aromatic carbocycles. The van der Waals surface area contributed by atoms with E-state index in [-0.39, 0.29) is 5.78 Å². The van der Waals surface area contributed by atoms with Gasteiger partial charge in [0.25, 0.3) is 0 Å². The average Bonchev–Trinajstić information content (AvgIpc) is 2.77. The fraction of sp³-hybridized carbons (Fsp3) is 0. The Morgan fingerprint density at radius 2 is 2.42 bits per heavy atom. The van der Waals surface area contributed by atoms with Gasteiger partial charge in [0.2, 0.25) is 5.78 Å². The maximum Gasteiger partial charge on any atom is 0.229 e. The number of rotatable bonds is 2. The Morgan fingerprint density at radius 3 is 3.00 bits per heavy atom. The van der Waals surface area contributed by atoms with Gasteiger partial charge in [-0.3, -0.25) is 4.79 Å². The van der Waals surface area contributed by atoms with Crippen molar-refractivity contribution in [2.45, 2.75) is 0 Å². The summed E-state index contributed by atoms with van der Waals surface area (Å²) in [4.78, 5) is 11.5. The number of hydrogen-bond donors (Lipinski definition) is 0. The lowest BCUT2D eigenvalue weighted by molar-refractivity contribution is 0.101. The summed E-state index contributed by atoms with van der Waals surface area (Å²) in [5, 5.41) is 4.67. The summed E-state index contributed by atoms with van der Waals surface area (Å²) in [5.41, 5.74) is 0.565. The minimum absolute atomic E-state index is 0.110. The molecule has 2 heterocycles. The average molecular weight is 177 g/mol. The molecule has 1 radical (unpaired) electrons. The zero-order chi connectivity index (χ0) is 8.39. The van der Waals surface area contributed by atoms with Crippen LogP contribution < -0.4 is 0 Å². The quantitative estimate of drug-likeness (QED) is 0.659. The number of furan rings is 1. The van der Waals surface area contributed by atoms with Crippen molar-refractivity contribution in [3.05, 3.63) is 46.5 Å². The van der Waals surface area contributed by atoms with Crippen LogP contribution in [0.3, 0.4) is 0 Å². The van der Waals surface area contributed by atoms with E-state index in [9.17, 15) is 4.79 Å². The van der Waals surface area contributed by atoms with Crippen molar-refractivity contribution in [1.82, 2.24) is 0 Å². The zero-order valence-corrected chi connectivity index (χ0v) is 6.93. The molecule has 12 heavy (non-hydrogen) atoms. The van der Waals surface area contributed by atoms with E-state index in [1.165, 1.54) is 17.6 Å². The number of thiophene rings is 1. The highest BCUT2D eigenvalue weighted by molar-refractivity contribution is 7.07. The summed E-state index contributed by atoms with van der Waals surface area (Å²) in [7, 11) is 0. The van der Waals surface area contributed by atoms with Crippen LogP contribution in [0.2, 0.25) is 0 Å². The lowest BCUT2D eigenvalue weighted by Gasteiger charge is -1.89. The second-order valence-corrected chi connectivity index (χ2v) is 2.95. The Morgan fingerprint density at radius 1 is 1.50 bits per heavy atom. The van der Waals surface area contributed by atoms with Crippen molar-refractivity contribution in [1.29, 1.82) is 0 Å². The Kier molecular flexibility index (Phi) is 1.80. The highest BCUT2D eigenvalue weighted by Gasteiger charge is 2.11. The molecule has 0 saturated carbocycles. The van der Waals surface area contributed by atoms with Gasteiger partial charge in [0.1, 0.15) is 0 Å². The molecular weight excluding hydrogens is 172 g/mol.